The van der Waals surface area contributed by atoms with E-state index < -0.39 is 23.2 Å². The third-order valence-electron chi connectivity index (χ3n) is 4.99. The van der Waals surface area contributed by atoms with Gasteiger partial charge in [0, 0.05) is 16.1 Å². The molecule has 0 spiro atoms. The second kappa shape index (κ2) is 8.08. The average molecular weight is 424 g/mol. The SMILES string of the molecule is O=C(Nc1sc2c(c1C(=O)Nc1ccccc1)CCCC2)c1cc(O)c(O)c(O)c1. The minimum atomic E-state index is -0.693. The zero-order valence-corrected chi connectivity index (χ0v) is 16.8. The van der Waals surface area contributed by atoms with E-state index in [0.29, 0.717) is 16.3 Å². The highest BCUT2D eigenvalue weighted by atomic mass is 32.1. The molecule has 1 aliphatic carbocycles. The minimum absolute atomic E-state index is 0.0383. The number of benzene rings is 2. The molecule has 7 nitrogen and oxygen atoms in total. The van der Waals surface area contributed by atoms with E-state index in [1.54, 1.807) is 12.1 Å². The highest BCUT2D eigenvalue weighted by Crippen LogP contribution is 2.40. The molecule has 0 unspecified atom stereocenters. The molecule has 0 radical (unpaired) electrons. The number of para-hydroxylation sites is 1. The summed E-state index contributed by atoms with van der Waals surface area (Å²) < 4.78 is 0. The molecule has 2 amide bonds. The Kier molecular flexibility index (Phi) is 5.33. The van der Waals surface area contributed by atoms with Gasteiger partial charge in [0.15, 0.2) is 17.2 Å². The van der Waals surface area contributed by atoms with Crippen LogP contribution in [0.2, 0.25) is 0 Å². The summed E-state index contributed by atoms with van der Waals surface area (Å²) in [5, 5.41) is 34.9. The van der Waals surface area contributed by atoms with Crippen LogP contribution in [0.25, 0.3) is 0 Å². The number of thiophene rings is 1. The number of hydrogen-bond donors (Lipinski definition) is 5. The summed E-state index contributed by atoms with van der Waals surface area (Å²) in [6, 6.07) is 11.2. The van der Waals surface area contributed by atoms with Crippen molar-refractivity contribution in [1.82, 2.24) is 0 Å². The van der Waals surface area contributed by atoms with Gasteiger partial charge in [-0.3, -0.25) is 9.59 Å². The standard InChI is InChI=1S/C22H20N2O5S/c25-15-10-12(11-16(26)19(15)27)20(28)24-22-18(14-8-4-5-9-17(14)30-22)21(29)23-13-6-2-1-3-7-13/h1-3,6-7,10-11,25-27H,4-5,8-9H2,(H,23,29)(H,24,28). The second-order valence-electron chi connectivity index (χ2n) is 7.05. The van der Waals surface area contributed by atoms with Crippen molar-refractivity contribution in [3.8, 4) is 17.2 Å². The van der Waals surface area contributed by atoms with Gasteiger partial charge < -0.3 is 26.0 Å². The Hall–Kier alpha value is -3.52. The molecule has 0 aliphatic heterocycles. The fraction of sp³-hybridized carbons (Fsp3) is 0.182. The van der Waals surface area contributed by atoms with Crippen molar-refractivity contribution in [2.75, 3.05) is 10.6 Å². The quantitative estimate of drug-likeness (QED) is 0.401. The molecule has 0 atom stereocenters. The van der Waals surface area contributed by atoms with Crippen molar-refractivity contribution >= 4 is 33.8 Å². The summed E-state index contributed by atoms with van der Waals surface area (Å²) in [6.07, 6.45) is 3.62. The van der Waals surface area contributed by atoms with Gasteiger partial charge in [-0.1, -0.05) is 18.2 Å². The summed E-state index contributed by atoms with van der Waals surface area (Å²) in [6.45, 7) is 0. The second-order valence-corrected chi connectivity index (χ2v) is 8.16. The summed E-state index contributed by atoms with van der Waals surface area (Å²) in [7, 11) is 0. The van der Waals surface area contributed by atoms with Gasteiger partial charge in [-0.15, -0.1) is 11.3 Å². The number of nitrogens with one attached hydrogen (secondary N) is 2. The van der Waals surface area contributed by atoms with Gasteiger partial charge in [0.2, 0.25) is 0 Å². The van der Waals surface area contributed by atoms with Crippen molar-refractivity contribution in [2.45, 2.75) is 25.7 Å². The molecular formula is C22H20N2O5S. The van der Waals surface area contributed by atoms with Crippen LogP contribution in [0, 0.1) is 0 Å². The van der Waals surface area contributed by atoms with Crippen molar-refractivity contribution in [3.05, 3.63) is 64.0 Å². The zero-order chi connectivity index (χ0) is 21.3. The Balaban J connectivity index is 1.67. The number of carbonyl (C=O) groups excluding carboxylic acids is 2. The van der Waals surface area contributed by atoms with Crippen LogP contribution in [-0.2, 0) is 12.8 Å². The Bertz CT molecular complexity index is 1100. The highest BCUT2D eigenvalue weighted by molar-refractivity contribution is 7.17. The van der Waals surface area contributed by atoms with E-state index >= 15 is 0 Å². The van der Waals surface area contributed by atoms with E-state index in [2.05, 4.69) is 10.6 Å². The van der Waals surface area contributed by atoms with E-state index in [9.17, 15) is 24.9 Å². The maximum absolute atomic E-state index is 13.1. The lowest BCUT2D eigenvalue weighted by atomic mass is 9.95. The van der Waals surface area contributed by atoms with Crippen LogP contribution in [0.15, 0.2) is 42.5 Å². The molecule has 2 aromatic carbocycles. The normalized spacial score (nSPS) is 12.8. The van der Waals surface area contributed by atoms with Crippen molar-refractivity contribution in [1.29, 1.82) is 0 Å². The molecule has 0 saturated carbocycles. The van der Waals surface area contributed by atoms with Gasteiger partial charge in [-0.2, -0.15) is 0 Å². The first kappa shape index (κ1) is 19.8. The molecule has 154 valence electrons. The van der Waals surface area contributed by atoms with E-state index in [0.717, 1.165) is 48.3 Å². The Morgan fingerprint density at radius 3 is 2.23 bits per heavy atom. The topological polar surface area (TPSA) is 119 Å². The maximum atomic E-state index is 13.1. The fourth-order valence-electron chi connectivity index (χ4n) is 3.52. The number of aromatic hydroxyl groups is 3. The first-order chi connectivity index (χ1) is 14.4. The maximum Gasteiger partial charge on any atom is 0.258 e. The molecule has 1 aromatic heterocycles. The van der Waals surface area contributed by atoms with Gasteiger partial charge in [-0.25, -0.2) is 0 Å². The minimum Gasteiger partial charge on any atom is -0.504 e. The van der Waals surface area contributed by atoms with Crippen LogP contribution in [0.3, 0.4) is 0 Å². The van der Waals surface area contributed by atoms with Gasteiger partial charge in [0.05, 0.1) is 5.56 Å². The first-order valence-electron chi connectivity index (χ1n) is 9.51. The van der Waals surface area contributed by atoms with E-state index in [-0.39, 0.29) is 11.5 Å². The van der Waals surface area contributed by atoms with Crippen molar-refractivity contribution in [2.24, 2.45) is 0 Å². The third kappa shape index (κ3) is 3.81. The summed E-state index contributed by atoms with van der Waals surface area (Å²) in [5.74, 6) is -2.80. The molecule has 0 bridgehead atoms. The van der Waals surface area contributed by atoms with Crippen molar-refractivity contribution in [3.63, 3.8) is 0 Å². The van der Waals surface area contributed by atoms with Gasteiger partial charge >= 0.3 is 0 Å². The molecule has 3 aromatic rings. The number of hydrogen-bond acceptors (Lipinski definition) is 6. The fourth-order valence-corrected chi connectivity index (χ4v) is 4.80. The van der Waals surface area contributed by atoms with Crippen LogP contribution >= 0.6 is 11.3 Å². The van der Waals surface area contributed by atoms with Gasteiger partial charge in [0.25, 0.3) is 11.8 Å². The number of phenols is 3. The largest absolute Gasteiger partial charge is 0.504 e. The predicted octanol–water partition coefficient (Wildman–Crippen LogP) is 4.25. The van der Waals surface area contributed by atoms with Crippen molar-refractivity contribution < 1.29 is 24.9 Å². The van der Waals surface area contributed by atoms with E-state index in [1.165, 1.54) is 11.3 Å². The summed E-state index contributed by atoms with van der Waals surface area (Å²) >= 11 is 1.37. The van der Waals surface area contributed by atoms with Crippen LogP contribution in [0.4, 0.5) is 10.7 Å². The van der Waals surface area contributed by atoms with E-state index in [1.807, 2.05) is 18.2 Å². The number of carbonyl (C=O) groups is 2. The zero-order valence-electron chi connectivity index (χ0n) is 15.9. The number of amides is 2. The smallest absolute Gasteiger partial charge is 0.258 e. The first-order valence-corrected chi connectivity index (χ1v) is 10.3. The molecule has 1 aliphatic rings. The Morgan fingerprint density at radius 2 is 1.53 bits per heavy atom. The monoisotopic (exact) mass is 424 g/mol. The Morgan fingerprint density at radius 1 is 0.867 bits per heavy atom. The molecule has 0 fully saturated rings. The molecule has 8 heteroatoms. The molecule has 1 heterocycles. The summed E-state index contributed by atoms with van der Waals surface area (Å²) in [5.41, 5.74) is 2.01. The molecule has 4 rings (SSSR count). The highest BCUT2D eigenvalue weighted by Gasteiger charge is 2.27. The summed E-state index contributed by atoms with van der Waals surface area (Å²) in [4.78, 5) is 26.9. The van der Waals surface area contributed by atoms with Crippen LogP contribution in [0.5, 0.6) is 17.2 Å². The Labute approximate surface area is 176 Å². The number of aryl methyl sites for hydroxylation is 1. The van der Waals surface area contributed by atoms with Gasteiger partial charge in [-0.05, 0) is 55.5 Å². The predicted molar refractivity (Wildman–Crippen MR) is 115 cm³/mol. The number of phenolic OH excluding ortho intramolecular Hbond substituents is 3. The molecular weight excluding hydrogens is 404 g/mol. The number of fused-ring (bicyclic) bond motifs is 1. The number of rotatable bonds is 4. The molecule has 5 N–H and O–H groups in total. The van der Waals surface area contributed by atoms with Gasteiger partial charge in [0.1, 0.15) is 5.00 Å². The van der Waals surface area contributed by atoms with E-state index in [4.69, 9.17) is 0 Å². The lowest BCUT2D eigenvalue weighted by Crippen LogP contribution is -2.18. The number of anilines is 2. The van der Waals surface area contributed by atoms with Crippen LogP contribution in [-0.4, -0.2) is 27.1 Å². The lowest BCUT2D eigenvalue weighted by molar-refractivity contribution is 0.102. The van der Waals surface area contributed by atoms with Crippen LogP contribution in [0.1, 0.15) is 44.0 Å². The molecule has 0 saturated heterocycles. The third-order valence-corrected chi connectivity index (χ3v) is 6.20. The average Bonchev–Trinajstić information content (AvgIpc) is 3.10. The van der Waals surface area contributed by atoms with Crippen LogP contribution < -0.4 is 10.6 Å². The molecule has 30 heavy (non-hydrogen) atoms. The lowest BCUT2D eigenvalue weighted by Gasteiger charge is -2.13.